The fraction of sp³-hybridized carbons (Fsp3) is 0.800. The van der Waals surface area contributed by atoms with Crippen molar-refractivity contribution >= 4 is 23.7 Å². The zero-order valence-electron chi connectivity index (χ0n) is 17.5. The molecule has 3 atom stereocenters. The monoisotopic (exact) mass is 384 g/mol. The Kier molecular flexibility index (Phi) is 7.19. The molecule has 7 nitrogen and oxygen atoms in total. The van der Waals surface area contributed by atoms with Crippen LogP contribution in [0.25, 0.3) is 0 Å². The summed E-state index contributed by atoms with van der Waals surface area (Å²) >= 11 is 0. The molecule has 0 amide bonds. The third-order valence-corrected chi connectivity index (χ3v) is 5.65. The van der Waals surface area contributed by atoms with E-state index >= 15 is 0 Å². The summed E-state index contributed by atoms with van der Waals surface area (Å²) in [5.41, 5.74) is -2.88. The summed E-state index contributed by atoms with van der Waals surface area (Å²) < 4.78 is 15.2. The van der Waals surface area contributed by atoms with E-state index in [1.807, 2.05) is 6.92 Å². The van der Waals surface area contributed by atoms with Crippen LogP contribution in [0.5, 0.6) is 0 Å². The standard InChI is InChI=1S/C20H32O7/c1-8-19(5,16(23)25-7)12-20(6,11-18(3,4)13(2)21)17(24)27-14-9-10-26-15(14)22/h14H,8-12H2,1-7H3. The van der Waals surface area contributed by atoms with Crippen LogP contribution >= 0.6 is 0 Å². The summed E-state index contributed by atoms with van der Waals surface area (Å²) in [7, 11) is 1.31. The van der Waals surface area contributed by atoms with Crippen LogP contribution in [0.1, 0.15) is 67.2 Å². The molecule has 0 radical (unpaired) electrons. The number of Topliss-reactive ketones (excluding diaryl/α,β-unsaturated/α-hetero) is 1. The summed E-state index contributed by atoms with van der Waals surface area (Å²) in [6.07, 6.45) is 0.138. The smallest absolute Gasteiger partial charge is 0.347 e. The van der Waals surface area contributed by atoms with Crippen molar-refractivity contribution in [2.24, 2.45) is 16.2 Å². The number of cyclic esters (lactones) is 1. The number of esters is 3. The van der Waals surface area contributed by atoms with Gasteiger partial charge in [-0.05, 0) is 40.0 Å². The number of ether oxygens (including phenoxy) is 3. The Morgan fingerprint density at radius 2 is 1.67 bits per heavy atom. The van der Waals surface area contributed by atoms with Crippen LogP contribution in [0.4, 0.5) is 0 Å². The molecule has 0 spiro atoms. The molecule has 1 aliphatic heterocycles. The summed E-state index contributed by atoms with van der Waals surface area (Å²) in [6, 6.07) is 0. The number of ketones is 1. The van der Waals surface area contributed by atoms with E-state index in [1.54, 1.807) is 27.7 Å². The number of methoxy groups -OCH3 is 1. The van der Waals surface area contributed by atoms with Crippen molar-refractivity contribution in [1.82, 2.24) is 0 Å². The van der Waals surface area contributed by atoms with Gasteiger partial charge in [-0.1, -0.05) is 20.8 Å². The van der Waals surface area contributed by atoms with Gasteiger partial charge in [-0.3, -0.25) is 14.4 Å². The molecule has 0 N–H and O–H groups in total. The minimum Gasteiger partial charge on any atom is -0.469 e. The summed E-state index contributed by atoms with van der Waals surface area (Å²) in [6.45, 7) is 10.4. The molecule has 0 aromatic heterocycles. The number of hydrogen-bond donors (Lipinski definition) is 0. The Morgan fingerprint density at radius 1 is 1.07 bits per heavy atom. The molecular formula is C20H32O7. The van der Waals surface area contributed by atoms with Gasteiger partial charge in [0.25, 0.3) is 0 Å². The number of hydrogen-bond acceptors (Lipinski definition) is 7. The maximum atomic E-state index is 13.1. The van der Waals surface area contributed by atoms with Gasteiger partial charge in [0.1, 0.15) is 5.78 Å². The van der Waals surface area contributed by atoms with Crippen LogP contribution in [0.15, 0.2) is 0 Å². The first-order valence-corrected chi connectivity index (χ1v) is 9.28. The predicted octanol–water partition coefficient (Wildman–Crippen LogP) is 2.84. The lowest BCUT2D eigenvalue weighted by atomic mass is 9.64. The van der Waals surface area contributed by atoms with Gasteiger partial charge in [-0.15, -0.1) is 0 Å². The molecule has 1 saturated heterocycles. The molecule has 0 saturated carbocycles. The van der Waals surface area contributed by atoms with Crippen molar-refractivity contribution in [1.29, 1.82) is 0 Å². The minimum atomic E-state index is -1.16. The van der Waals surface area contributed by atoms with Crippen LogP contribution in [0.2, 0.25) is 0 Å². The Morgan fingerprint density at radius 3 is 2.07 bits per heavy atom. The third-order valence-electron chi connectivity index (χ3n) is 5.65. The molecule has 0 aromatic carbocycles. The molecule has 0 aliphatic carbocycles. The van der Waals surface area contributed by atoms with Gasteiger partial charge < -0.3 is 14.2 Å². The van der Waals surface area contributed by atoms with Gasteiger partial charge in [-0.25, -0.2) is 4.79 Å². The molecule has 1 heterocycles. The van der Waals surface area contributed by atoms with Crippen LogP contribution in [-0.2, 0) is 33.4 Å². The first-order valence-electron chi connectivity index (χ1n) is 9.28. The number of carbonyl (C=O) groups excluding carboxylic acids is 4. The first kappa shape index (κ1) is 23.1. The highest BCUT2D eigenvalue weighted by molar-refractivity contribution is 5.86. The first-order chi connectivity index (χ1) is 12.3. The quantitative estimate of drug-likeness (QED) is 0.445. The molecule has 27 heavy (non-hydrogen) atoms. The van der Waals surface area contributed by atoms with E-state index in [2.05, 4.69) is 0 Å². The van der Waals surface area contributed by atoms with Gasteiger partial charge in [0.15, 0.2) is 0 Å². The van der Waals surface area contributed by atoms with E-state index in [1.165, 1.54) is 14.0 Å². The minimum absolute atomic E-state index is 0.0712. The molecule has 3 unspecified atom stereocenters. The third kappa shape index (κ3) is 5.30. The van der Waals surface area contributed by atoms with E-state index in [0.29, 0.717) is 12.8 Å². The van der Waals surface area contributed by atoms with Crippen molar-refractivity contribution in [3.63, 3.8) is 0 Å². The molecule has 0 bridgehead atoms. The second-order valence-electron chi connectivity index (χ2n) is 8.61. The Labute approximate surface area is 161 Å². The van der Waals surface area contributed by atoms with Crippen molar-refractivity contribution in [3.05, 3.63) is 0 Å². The van der Waals surface area contributed by atoms with Crippen molar-refractivity contribution in [2.75, 3.05) is 13.7 Å². The van der Waals surface area contributed by atoms with Crippen LogP contribution in [0, 0.1) is 16.2 Å². The average molecular weight is 384 g/mol. The zero-order chi connectivity index (χ0) is 21.0. The van der Waals surface area contributed by atoms with E-state index in [-0.39, 0.29) is 25.2 Å². The molecular weight excluding hydrogens is 352 g/mol. The Balaban J connectivity index is 3.21. The maximum absolute atomic E-state index is 13.1. The highest BCUT2D eigenvalue weighted by Gasteiger charge is 2.49. The van der Waals surface area contributed by atoms with Gasteiger partial charge in [0.05, 0.1) is 24.5 Å². The highest BCUT2D eigenvalue weighted by Crippen LogP contribution is 2.45. The lowest BCUT2D eigenvalue weighted by Gasteiger charge is -2.39. The second kappa shape index (κ2) is 8.40. The fourth-order valence-corrected chi connectivity index (χ4v) is 3.61. The van der Waals surface area contributed by atoms with Crippen molar-refractivity contribution in [3.8, 4) is 0 Å². The second-order valence-corrected chi connectivity index (χ2v) is 8.61. The zero-order valence-corrected chi connectivity index (χ0v) is 17.5. The molecule has 1 rings (SSSR count). The lowest BCUT2D eigenvalue weighted by Crippen LogP contribution is -2.44. The normalized spacial score (nSPS) is 21.6. The van der Waals surface area contributed by atoms with Gasteiger partial charge in [0.2, 0.25) is 6.10 Å². The van der Waals surface area contributed by atoms with Crippen molar-refractivity contribution < 1.29 is 33.4 Å². The summed E-state index contributed by atoms with van der Waals surface area (Å²) in [4.78, 5) is 49.2. The average Bonchev–Trinajstić information content (AvgIpc) is 2.97. The topological polar surface area (TPSA) is 96.0 Å². The SMILES string of the molecule is CCC(C)(CC(C)(CC(C)(C)C(C)=O)C(=O)OC1CCOC1=O)C(=O)OC. The fourth-order valence-electron chi connectivity index (χ4n) is 3.61. The predicted molar refractivity (Wildman–Crippen MR) is 97.7 cm³/mol. The molecule has 7 heteroatoms. The van der Waals surface area contributed by atoms with Crippen LogP contribution in [-0.4, -0.2) is 43.5 Å². The van der Waals surface area contributed by atoms with Gasteiger partial charge >= 0.3 is 17.9 Å². The van der Waals surface area contributed by atoms with E-state index in [4.69, 9.17) is 14.2 Å². The highest BCUT2D eigenvalue weighted by atomic mass is 16.6. The number of carbonyl (C=O) groups is 4. The number of rotatable bonds is 9. The molecule has 0 aromatic rings. The molecule has 1 aliphatic rings. The van der Waals surface area contributed by atoms with E-state index < -0.39 is 40.3 Å². The van der Waals surface area contributed by atoms with E-state index in [9.17, 15) is 19.2 Å². The van der Waals surface area contributed by atoms with Gasteiger partial charge in [-0.2, -0.15) is 0 Å². The van der Waals surface area contributed by atoms with Crippen LogP contribution in [0.3, 0.4) is 0 Å². The van der Waals surface area contributed by atoms with Gasteiger partial charge in [0, 0.05) is 11.8 Å². The van der Waals surface area contributed by atoms with Crippen molar-refractivity contribution in [2.45, 2.75) is 73.3 Å². The molecule has 154 valence electrons. The Hall–Kier alpha value is -1.92. The van der Waals surface area contributed by atoms with E-state index in [0.717, 1.165) is 0 Å². The Bertz CT molecular complexity index is 609. The largest absolute Gasteiger partial charge is 0.469 e. The van der Waals surface area contributed by atoms with Crippen LogP contribution < -0.4 is 0 Å². The summed E-state index contributed by atoms with van der Waals surface area (Å²) in [5, 5.41) is 0. The summed E-state index contributed by atoms with van der Waals surface area (Å²) in [5.74, 6) is -1.67. The maximum Gasteiger partial charge on any atom is 0.347 e. The lowest BCUT2D eigenvalue weighted by molar-refractivity contribution is -0.173. The molecule has 1 fully saturated rings.